The van der Waals surface area contributed by atoms with Crippen molar-refractivity contribution >= 4 is 29.9 Å². The van der Waals surface area contributed by atoms with Crippen LogP contribution in [0.5, 0.6) is 0 Å². The van der Waals surface area contributed by atoms with Gasteiger partial charge in [0.15, 0.2) is 0 Å². The predicted molar refractivity (Wildman–Crippen MR) is 117 cm³/mol. The van der Waals surface area contributed by atoms with E-state index in [-0.39, 0.29) is 12.4 Å². The maximum absolute atomic E-state index is 11.3. The lowest BCUT2D eigenvalue weighted by molar-refractivity contribution is 0.100. The van der Waals surface area contributed by atoms with Gasteiger partial charge in [0.05, 0.1) is 0 Å². The zero-order valence-electron chi connectivity index (χ0n) is 15.3. The van der Waals surface area contributed by atoms with Crippen molar-refractivity contribution in [3.8, 4) is 11.1 Å². The fourth-order valence-corrected chi connectivity index (χ4v) is 4.01. The number of nitrogens with two attached hydrogens (primary N) is 1. The number of rotatable bonds is 5. The SMILES string of the molecule is Cl.NC(=O)c1ccc(-c2cccc(CNC3Cc4ccccc4C3)c2)c(Cl)c1. The van der Waals surface area contributed by atoms with Crippen LogP contribution in [0.25, 0.3) is 11.1 Å². The molecule has 0 atom stereocenters. The first-order valence-electron chi connectivity index (χ1n) is 9.09. The molecule has 0 heterocycles. The van der Waals surface area contributed by atoms with Gasteiger partial charge in [-0.05, 0) is 53.3 Å². The summed E-state index contributed by atoms with van der Waals surface area (Å²) in [6, 6.07) is 22.6. The monoisotopic (exact) mass is 412 g/mol. The Balaban J connectivity index is 0.00000225. The Bertz CT molecular complexity index is 978. The molecule has 4 rings (SSSR count). The number of hydrogen-bond donors (Lipinski definition) is 2. The molecule has 3 aromatic rings. The highest BCUT2D eigenvalue weighted by Gasteiger charge is 2.20. The van der Waals surface area contributed by atoms with Crippen LogP contribution in [0, 0.1) is 0 Å². The van der Waals surface area contributed by atoms with Crippen LogP contribution in [0.1, 0.15) is 27.0 Å². The fraction of sp³-hybridized carbons (Fsp3) is 0.174. The van der Waals surface area contributed by atoms with Gasteiger partial charge in [-0.15, -0.1) is 12.4 Å². The Kier molecular flexibility index (Phi) is 6.40. The first-order chi connectivity index (χ1) is 13.1. The standard InChI is InChI=1S/C23H21ClN2O.ClH/c24-22-13-19(23(25)27)8-9-21(22)18-7-3-4-15(10-18)14-26-20-11-16-5-1-2-6-17(16)12-20;/h1-10,13,20,26H,11-12,14H2,(H2,25,27);1H. The van der Waals surface area contributed by atoms with Crippen LogP contribution in [0.3, 0.4) is 0 Å². The van der Waals surface area contributed by atoms with Gasteiger partial charge in [-0.2, -0.15) is 0 Å². The zero-order valence-corrected chi connectivity index (χ0v) is 16.9. The van der Waals surface area contributed by atoms with E-state index in [4.69, 9.17) is 17.3 Å². The molecule has 3 aromatic carbocycles. The normalized spacial score (nSPS) is 13.0. The minimum absolute atomic E-state index is 0. The smallest absolute Gasteiger partial charge is 0.248 e. The van der Waals surface area contributed by atoms with Crippen molar-refractivity contribution in [1.29, 1.82) is 0 Å². The Labute approximate surface area is 176 Å². The summed E-state index contributed by atoms with van der Waals surface area (Å²) in [5, 5.41) is 4.20. The van der Waals surface area contributed by atoms with E-state index in [2.05, 4.69) is 41.7 Å². The second-order valence-corrected chi connectivity index (χ2v) is 7.42. The number of amides is 1. The summed E-state index contributed by atoms with van der Waals surface area (Å²) in [6.45, 7) is 0.809. The molecular weight excluding hydrogens is 391 g/mol. The molecule has 1 amide bonds. The Morgan fingerprint density at radius 1 is 1.00 bits per heavy atom. The van der Waals surface area contributed by atoms with Crippen molar-refractivity contribution in [2.45, 2.75) is 25.4 Å². The average Bonchev–Trinajstić information content (AvgIpc) is 3.09. The van der Waals surface area contributed by atoms with Crippen molar-refractivity contribution in [2.24, 2.45) is 5.73 Å². The average molecular weight is 413 g/mol. The molecule has 0 spiro atoms. The van der Waals surface area contributed by atoms with Crippen LogP contribution < -0.4 is 11.1 Å². The van der Waals surface area contributed by atoms with Crippen molar-refractivity contribution in [3.63, 3.8) is 0 Å². The maximum Gasteiger partial charge on any atom is 0.248 e. The zero-order chi connectivity index (χ0) is 18.8. The summed E-state index contributed by atoms with van der Waals surface area (Å²) in [6.07, 6.45) is 2.16. The van der Waals surface area contributed by atoms with Crippen molar-refractivity contribution in [1.82, 2.24) is 5.32 Å². The van der Waals surface area contributed by atoms with Gasteiger partial charge in [-0.1, -0.05) is 60.1 Å². The number of carbonyl (C=O) groups excluding carboxylic acids is 1. The second-order valence-electron chi connectivity index (χ2n) is 7.01. The van der Waals surface area contributed by atoms with Gasteiger partial charge in [0, 0.05) is 28.7 Å². The molecule has 3 nitrogen and oxygen atoms in total. The van der Waals surface area contributed by atoms with Gasteiger partial charge in [0.25, 0.3) is 0 Å². The van der Waals surface area contributed by atoms with E-state index in [1.165, 1.54) is 16.7 Å². The van der Waals surface area contributed by atoms with Gasteiger partial charge in [-0.3, -0.25) is 4.79 Å². The first-order valence-corrected chi connectivity index (χ1v) is 9.47. The molecule has 0 bridgehead atoms. The minimum Gasteiger partial charge on any atom is -0.366 e. The topological polar surface area (TPSA) is 55.1 Å². The number of carbonyl (C=O) groups is 1. The first kappa shape index (κ1) is 20.4. The van der Waals surface area contributed by atoms with Gasteiger partial charge in [-0.25, -0.2) is 0 Å². The van der Waals surface area contributed by atoms with Crippen molar-refractivity contribution in [2.75, 3.05) is 0 Å². The highest BCUT2D eigenvalue weighted by atomic mass is 35.5. The molecule has 5 heteroatoms. The summed E-state index contributed by atoms with van der Waals surface area (Å²) in [5.41, 5.74) is 11.8. The molecule has 144 valence electrons. The summed E-state index contributed by atoms with van der Waals surface area (Å²) >= 11 is 6.37. The molecule has 0 unspecified atom stereocenters. The summed E-state index contributed by atoms with van der Waals surface area (Å²) in [7, 11) is 0. The molecule has 1 aliphatic rings. The lowest BCUT2D eigenvalue weighted by atomic mass is 10.0. The largest absolute Gasteiger partial charge is 0.366 e. The molecule has 0 saturated carbocycles. The number of hydrogen-bond acceptors (Lipinski definition) is 2. The number of nitrogens with one attached hydrogen (secondary N) is 1. The third-order valence-corrected chi connectivity index (χ3v) is 5.45. The third kappa shape index (κ3) is 4.39. The highest BCUT2D eigenvalue weighted by molar-refractivity contribution is 6.33. The maximum atomic E-state index is 11.3. The number of primary amides is 1. The summed E-state index contributed by atoms with van der Waals surface area (Å²) < 4.78 is 0. The third-order valence-electron chi connectivity index (χ3n) is 5.14. The lowest BCUT2D eigenvalue weighted by Gasteiger charge is -2.13. The Morgan fingerprint density at radius 2 is 1.71 bits per heavy atom. The molecule has 1 aliphatic carbocycles. The van der Waals surface area contributed by atoms with E-state index < -0.39 is 5.91 Å². The molecule has 0 aliphatic heterocycles. The quantitative estimate of drug-likeness (QED) is 0.632. The van der Waals surface area contributed by atoms with Gasteiger partial charge in [0.1, 0.15) is 0 Å². The van der Waals surface area contributed by atoms with Crippen LogP contribution in [0.4, 0.5) is 0 Å². The van der Waals surface area contributed by atoms with Crippen LogP contribution in [0.15, 0.2) is 66.7 Å². The van der Waals surface area contributed by atoms with Gasteiger partial charge < -0.3 is 11.1 Å². The molecular formula is C23H22Cl2N2O. The Hall–Kier alpha value is -2.33. The lowest BCUT2D eigenvalue weighted by Crippen LogP contribution is -2.28. The van der Waals surface area contributed by atoms with Crippen molar-refractivity contribution in [3.05, 3.63) is 94.0 Å². The molecule has 3 N–H and O–H groups in total. The number of fused-ring (bicyclic) bond motifs is 1. The van der Waals surface area contributed by atoms with Gasteiger partial charge in [0.2, 0.25) is 5.91 Å². The molecule has 28 heavy (non-hydrogen) atoms. The van der Waals surface area contributed by atoms with Crippen LogP contribution in [-0.2, 0) is 19.4 Å². The van der Waals surface area contributed by atoms with E-state index in [0.29, 0.717) is 16.6 Å². The summed E-state index contributed by atoms with van der Waals surface area (Å²) in [5.74, 6) is -0.473. The minimum atomic E-state index is -0.473. The highest BCUT2D eigenvalue weighted by Crippen LogP contribution is 2.29. The number of halogens is 2. The molecule has 0 fully saturated rings. The van der Waals surface area contributed by atoms with Crippen molar-refractivity contribution < 1.29 is 4.79 Å². The van der Waals surface area contributed by atoms with E-state index in [1.54, 1.807) is 12.1 Å². The fourth-order valence-electron chi connectivity index (χ4n) is 3.72. The van der Waals surface area contributed by atoms with E-state index in [0.717, 1.165) is 30.5 Å². The predicted octanol–water partition coefficient (Wildman–Crippen LogP) is 4.78. The van der Waals surface area contributed by atoms with Crippen LogP contribution >= 0.6 is 24.0 Å². The second kappa shape index (κ2) is 8.78. The Morgan fingerprint density at radius 3 is 2.36 bits per heavy atom. The molecule has 0 saturated heterocycles. The molecule has 0 aromatic heterocycles. The number of benzene rings is 3. The molecule has 0 radical (unpaired) electrons. The summed E-state index contributed by atoms with van der Waals surface area (Å²) in [4.78, 5) is 11.3. The van der Waals surface area contributed by atoms with Crippen LogP contribution in [-0.4, -0.2) is 11.9 Å². The van der Waals surface area contributed by atoms with E-state index in [9.17, 15) is 4.79 Å². The van der Waals surface area contributed by atoms with Crippen LogP contribution in [0.2, 0.25) is 5.02 Å². The van der Waals surface area contributed by atoms with E-state index >= 15 is 0 Å². The van der Waals surface area contributed by atoms with Gasteiger partial charge >= 0.3 is 0 Å². The van der Waals surface area contributed by atoms with E-state index in [1.807, 2.05) is 18.2 Å².